The number of hydrogen-bond acceptors (Lipinski definition) is 3. The average Bonchev–Trinajstić information content (AvgIpc) is 2.38. The number of likely N-dealkylation sites (tertiary alicyclic amines) is 1. The summed E-state index contributed by atoms with van der Waals surface area (Å²) in [5.74, 6) is -1.32. The van der Waals surface area contributed by atoms with E-state index in [0.29, 0.717) is 18.1 Å². The molecule has 1 fully saturated rings. The first-order valence-corrected chi connectivity index (χ1v) is 6.47. The summed E-state index contributed by atoms with van der Waals surface area (Å²) in [6.45, 7) is 0.993. The van der Waals surface area contributed by atoms with Crippen molar-refractivity contribution in [2.24, 2.45) is 11.7 Å². The zero-order valence-electron chi connectivity index (χ0n) is 10.3. The minimum Gasteiger partial charge on any atom is -0.508 e. The number of rotatable bonds is 2. The van der Waals surface area contributed by atoms with Gasteiger partial charge in [-0.25, -0.2) is 4.39 Å². The zero-order chi connectivity index (χ0) is 14.0. The largest absolute Gasteiger partial charge is 0.508 e. The van der Waals surface area contributed by atoms with Crippen LogP contribution in [-0.4, -0.2) is 34.0 Å². The van der Waals surface area contributed by atoms with Gasteiger partial charge >= 0.3 is 0 Å². The summed E-state index contributed by atoms with van der Waals surface area (Å²) in [5.41, 5.74) is 5.56. The van der Waals surface area contributed by atoms with Crippen LogP contribution in [0.4, 0.5) is 4.39 Å². The van der Waals surface area contributed by atoms with Crippen molar-refractivity contribution in [2.45, 2.75) is 12.8 Å². The smallest absolute Gasteiger partial charge is 0.256 e. The summed E-state index contributed by atoms with van der Waals surface area (Å²) in [6.07, 6.45) is 1.66. The number of phenolic OH excluding ortho intramolecular Hbond substituents is 1. The Morgan fingerprint density at radius 1 is 1.53 bits per heavy atom. The molecule has 102 valence electrons. The van der Waals surface area contributed by atoms with Gasteiger partial charge in [0, 0.05) is 25.1 Å². The van der Waals surface area contributed by atoms with E-state index >= 15 is 0 Å². The van der Waals surface area contributed by atoms with E-state index in [1.54, 1.807) is 4.90 Å². The Hall–Kier alpha value is -1.69. The summed E-state index contributed by atoms with van der Waals surface area (Å²) >= 11 is 4.95. The normalized spacial score (nSPS) is 19.2. The SMILES string of the molecule is NC(=S)C1CCCN(C(=O)c2ccc(O)cc2F)C1. The molecule has 1 heterocycles. The Bertz CT molecular complexity index is 521. The van der Waals surface area contributed by atoms with Crippen molar-refractivity contribution >= 4 is 23.1 Å². The standard InChI is InChI=1S/C13H15FN2O2S/c14-11-6-9(17)3-4-10(11)13(18)16-5-1-2-8(7-16)12(15)19/h3-4,6,8,17H,1-2,5,7H2,(H2,15,19). The second-order valence-electron chi connectivity index (χ2n) is 4.66. The van der Waals surface area contributed by atoms with E-state index in [1.807, 2.05) is 0 Å². The number of piperidine rings is 1. The van der Waals surface area contributed by atoms with Crippen molar-refractivity contribution in [1.29, 1.82) is 0 Å². The lowest BCUT2D eigenvalue weighted by Crippen LogP contribution is -2.43. The highest BCUT2D eigenvalue weighted by Crippen LogP contribution is 2.21. The second-order valence-corrected chi connectivity index (χ2v) is 5.13. The van der Waals surface area contributed by atoms with Gasteiger partial charge in [0.05, 0.1) is 10.6 Å². The molecule has 0 saturated carbocycles. The fourth-order valence-corrected chi connectivity index (χ4v) is 2.43. The van der Waals surface area contributed by atoms with Crippen LogP contribution in [0.3, 0.4) is 0 Å². The molecule has 1 unspecified atom stereocenters. The number of amides is 1. The molecule has 0 aliphatic carbocycles. The molecule has 0 spiro atoms. The van der Waals surface area contributed by atoms with Gasteiger partial charge in [0.2, 0.25) is 0 Å². The Kier molecular flexibility index (Phi) is 3.99. The lowest BCUT2D eigenvalue weighted by Gasteiger charge is -2.32. The van der Waals surface area contributed by atoms with Gasteiger partial charge in [-0.1, -0.05) is 12.2 Å². The Labute approximate surface area is 116 Å². The lowest BCUT2D eigenvalue weighted by atomic mass is 9.97. The Balaban J connectivity index is 2.17. The van der Waals surface area contributed by atoms with Crippen LogP contribution in [0, 0.1) is 11.7 Å². The molecule has 19 heavy (non-hydrogen) atoms. The number of halogens is 1. The molecular formula is C13H15FN2O2S. The third-order valence-corrected chi connectivity index (χ3v) is 3.63. The predicted octanol–water partition coefficient (Wildman–Crippen LogP) is 1.67. The molecule has 1 amide bonds. The van der Waals surface area contributed by atoms with Crippen molar-refractivity contribution in [3.8, 4) is 5.75 Å². The third-order valence-electron chi connectivity index (χ3n) is 3.29. The first-order chi connectivity index (χ1) is 8.99. The number of thiocarbonyl (C=S) groups is 1. The van der Waals surface area contributed by atoms with Gasteiger partial charge in [-0.3, -0.25) is 4.79 Å². The number of carbonyl (C=O) groups excluding carboxylic acids is 1. The van der Waals surface area contributed by atoms with E-state index in [1.165, 1.54) is 12.1 Å². The second kappa shape index (κ2) is 5.52. The summed E-state index contributed by atoms with van der Waals surface area (Å²) in [6, 6.07) is 3.52. The average molecular weight is 282 g/mol. The number of benzene rings is 1. The van der Waals surface area contributed by atoms with Crippen molar-refractivity contribution in [1.82, 2.24) is 4.90 Å². The number of aromatic hydroxyl groups is 1. The number of carbonyl (C=O) groups is 1. The summed E-state index contributed by atoms with van der Waals surface area (Å²) < 4.78 is 13.7. The molecule has 3 N–H and O–H groups in total. The molecule has 1 aromatic rings. The first kappa shape index (κ1) is 13.7. The summed E-state index contributed by atoms with van der Waals surface area (Å²) in [7, 11) is 0. The van der Waals surface area contributed by atoms with Crippen LogP contribution in [0.1, 0.15) is 23.2 Å². The highest BCUT2D eigenvalue weighted by Gasteiger charge is 2.27. The molecule has 1 aliphatic rings. The highest BCUT2D eigenvalue weighted by molar-refractivity contribution is 7.80. The van der Waals surface area contributed by atoms with E-state index in [-0.39, 0.29) is 17.2 Å². The highest BCUT2D eigenvalue weighted by atomic mass is 32.1. The lowest BCUT2D eigenvalue weighted by molar-refractivity contribution is 0.0699. The fraction of sp³-hybridized carbons (Fsp3) is 0.385. The summed E-state index contributed by atoms with van der Waals surface area (Å²) in [4.78, 5) is 14.2. The topological polar surface area (TPSA) is 66.6 Å². The summed E-state index contributed by atoms with van der Waals surface area (Å²) in [5, 5.41) is 9.15. The number of phenols is 1. The van der Waals surface area contributed by atoms with E-state index in [0.717, 1.165) is 18.9 Å². The van der Waals surface area contributed by atoms with Gasteiger partial charge in [0.25, 0.3) is 5.91 Å². The third kappa shape index (κ3) is 3.01. The molecular weight excluding hydrogens is 267 g/mol. The van der Waals surface area contributed by atoms with Crippen LogP contribution < -0.4 is 5.73 Å². The van der Waals surface area contributed by atoms with Crippen molar-refractivity contribution in [3.63, 3.8) is 0 Å². The van der Waals surface area contributed by atoms with Gasteiger partial charge in [0.1, 0.15) is 11.6 Å². The number of nitrogens with two attached hydrogens (primary N) is 1. The van der Waals surface area contributed by atoms with E-state index < -0.39 is 11.7 Å². The van der Waals surface area contributed by atoms with Crippen LogP contribution in [-0.2, 0) is 0 Å². The molecule has 0 radical (unpaired) electrons. The molecule has 0 bridgehead atoms. The fourth-order valence-electron chi connectivity index (χ4n) is 2.24. The maximum Gasteiger partial charge on any atom is 0.256 e. The minimum atomic E-state index is -0.720. The van der Waals surface area contributed by atoms with Crippen molar-refractivity contribution in [2.75, 3.05) is 13.1 Å². The Morgan fingerprint density at radius 2 is 2.26 bits per heavy atom. The minimum absolute atomic E-state index is 0.00660. The molecule has 4 nitrogen and oxygen atoms in total. The van der Waals surface area contributed by atoms with E-state index in [2.05, 4.69) is 0 Å². The van der Waals surface area contributed by atoms with Crippen LogP contribution in [0.25, 0.3) is 0 Å². The van der Waals surface area contributed by atoms with E-state index in [4.69, 9.17) is 23.1 Å². The zero-order valence-corrected chi connectivity index (χ0v) is 11.1. The Morgan fingerprint density at radius 3 is 2.89 bits per heavy atom. The van der Waals surface area contributed by atoms with Gasteiger partial charge in [-0.2, -0.15) is 0 Å². The monoisotopic (exact) mass is 282 g/mol. The van der Waals surface area contributed by atoms with Gasteiger partial charge in [-0.15, -0.1) is 0 Å². The number of nitrogens with zero attached hydrogens (tertiary/aromatic N) is 1. The molecule has 1 aliphatic heterocycles. The molecule has 1 saturated heterocycles. The number of hydrogen-bond donors (Lipinski definition) is 2. The van der Waals surface area contributed by atoms with Gasteiger partial charge in [0.15, 0.2) is 0 Å². The maximum absolute atomic E-state index is 13.7. The van der Waals surface area contributed by atoms with E-state index in [9.17, 15) is 9.18 Å². The van der Waals surface area contributed by atoms with Crippen LogP contribution >= 0.6 is 12.2 Å². The van der Waals surface area contributed by atoms with Crippen molar-refractivity contribution < 1.29 is 14.3 Å². The first-order valence-electron chi connectivity index (χ1n) is 6.06. The van der Waals surface area contributed by atoms with Crippen LogP contribution in [0.15, 0.2) is 18.2 Å². The van der Waals surface area contributed by atoms with Crippen LogP contribution in [0.5, 0.6) is 5.75 Å². The van der Waals surface area contributed by atoms with Gasteiger partial charge in [-0.05, 0) is 25.0 Å². The molecule has 1 atom stereocenters. The van der Waals surface area contributed by atoms with Crippen molar-refractivity contribution in [3.05, 3.63) is 29.6 Å². The van der Waals surface area contributed by atoms with Crippen LogP contribution in [0.2, 0.25) is 0 Å². The maximum atomic E-state index is 13.7. The molecule has 6 heteroatoms. The van der Waals surface area contributed by atoms with Gasteiger partial charge < -0.3 is 15.7 Å². The predicted molar refractivity (Wildman–Crippen MR) is 73.5 cm³/mol. The molecule has 2 rings (SSSR count). The molecule has 0 aromatic heterocycles. The molecule has 1 aromatic carbocycles. The quantitative estimate of drug-likeness (QED) is 0.810.